The van der Waals surface area contributed by atoms with E-state index in [-0.39, 0.29) is 5.91 Å². The number of anilines is 1. The van der Waals surface area contributed by atoms with Crippen LogP contribution in [0.3, 0.4) is 0 Å². The lowest BCUT2D eigenvalue weighted by Gasteiger charge is -2.18. The fourth-order valence-electron chi connectivity index (χ4n) is 2.42. The molecule has 6 nitrogen and oxygen atoms in total. The van der Waals surface area contributed by atoms with E-state index in [9.17, 15) is 4.79 Å². The molecular formula is C19H24N2O4. The normalized spacial score (nSPS) is 11.4. The van der Waals surface area contributed by atoms with Crippen LogP contribution < -0.4 is 24.8 Å². The lowest BCUT2D eigenvalue weighted by atomic mass is 10.2. The van der Waals surface area contributed by atoms with Gasteiger partial charge in [0.2, 0.25) is 11.7 Å². The topological polar surface area (TPSA) is 68.8 Å². The van der Waals surface area contributed by atoms with Crippen LogP contribution >= 0.6 is 0 Å². The molecule has 134 valence electrons. The zero-order chi connectivity index (χ0) is 18.2. The average Bonchev–Trinajstić information content (AvgIpc) is 2.65. The third-order valence-corrected chi connectivity index (χ3v) is 3.75. The van der Waals surface area contributed by atoms with E-state index in [1.165, 1.54) is 0 Å². The van der Waals surface area contributed by atoms with Crippen LogP contribution in [0.15, 0.2) is 42.5 Å². The highest BCUT2D eigenvalue weighted by Gasteiger charge is 2.17. The van der Waals surface area contributed by atoms with Crippen molar-refractivity contribution < 1.29 is 19.0 Å². The number of nitrogens with one attached hydrogen (secondary N) is 2. The van der Waals surface area contributed by atoms with E-state index in [2.05, 4.69) is 10.6 Å². The second-order valence-corrected chi connectivity index (χ2v) is 5.48. The minimum atomic E-state index is -0.425. The number of carbonyl (C=O) groups is 1. The summed E-state index contributed by atoms with van der Waals surface area (Å²) in [6.07, 6.45) is 0. The van der Waals surface area contributed by atoms with Gasteiger partial charge in [-0.2, -0.15) is 0 Å². The maximum atomic E-state index is 12.3. The van der Waals surface area contributed by atoms with E-state index in [0.717, 1.165) is 5.56 Å². The molecule has 2 N–H and O–H groups in total. The number of hydrogen-bond donors (Lipinski definition) is 2. The molecule has 0 fully saturated rings. The molecule has 0 radical (unpaired) electrons. The zero-order valence-electron chi connectivity index (χ0n) is 15.0. The fraction of sp³-hybridized carbons (Fsp3) is 0.316. The summed E-state index contributed by atoms with van der Waals surface area (Å²) in [6, 6.07) is 12.9. The minimum Gasteiger partial charge on any atom is -0.493 e. The van der Waals surface area contributed by atoms with Crippen LogP contribution in [0.2, 0.25) is 0 Å². The Hall–Kier alpha value is -2.89. The van der Waals surface area contributed by atoms with Gasteiger partial charge in [-0.1, -0.05) is 30.3 Å². The van der Waals surface area contributed by atoms with Gasteiger partial charge >= 0.3 is 0 Å². The quantitative estimate of drug-likeness (QED) is 0.771. The molecule has 0 bridgehead atoms. The Kier molecular flexibility index (Phi) is 6.51. The van der Waals surface area contributed by atoms with E-state index in [1.54, 1.807) is 40.4 Å². The second kappa shape index (κ2) is 8.82. The number of hydrogen-bond acceptors (Lipinski definition) is 5. The van der Waals surface area contributed by atoms with Gasteiger partial charge in [-0.15, -0.1) is 0 Å². The Morgan fingerprint density at radius 2 is 1.60 bits per heavy atom. The van der Waals surface area contributed by atoms with E-state index < -0.39 is 6.04 Å². The predicted octanol–water partition coefficient (Wildman–Crippen LogP) is 2.83. The molecule has 0 aromatic heterocycles. The molecular weight excluding hydrogens is 320 g/mol. The molecule has 0 heterocycles. The first-order chi connectivity index (χ1) is 12.1. The molecule has 0 aliphatic rings. The SMILES string of the molecule is COc1cc(N[C@@H](C)C(=O)NCc2ccccc2)cc(OC)c1OC. The van der Waals surface area contributed by atoms with Gasteiger partial charge in [0.15, 0.2) is 11.5 Å². The van der Waals surface area contributed by atoms with Crippen molar-refractivity contribution in [2.75, 3.05) is 26.6 Å². The van der Waals surface area contributed by atoms with Crippen LogP contribution in [-0.4, -0.2) is 33.3 Å². The smallest absolute Gasteiger partial charge is 0.242 e. The molecule has 0 unspecified atom stereocenters. The van der Waals surface area contributed by atoms with Crippen LogP contribution in [0, 0.1) is 0 Å². The lowest BCUT2D eigenvalue weighted by Crippen LogP contribution is -2.37. The van der Waals surface area contributed by atoms with Crippen molar-refractivity contribution in [3.8, 4) is 17.2 Å². The van der Waals surface area contributed by atoms with Crippen molar-refractivity contribution in [3.05, 3.63) is 48.0 Å². The van der Waals surface area contributed by atoms with Crippen molar-refractivity contribution >= 4 is 11.6 Å². The Morgan fingerprint density at radius 1 is 1.00 bits per heavy atom. The third kappa shape index (κ3) is 4.79. The van der Waals surface area contributed by atoms with Gasteiger partial charge in [-0.05, 0) is 12.5 Å². The average molecular weight is 344 g/mol. The summed E-state index contributed by atoms with van der Waals surface area (Å²) in [4.78, 5) is 12.3. The Morgan fingerprint density at radius 3 is 2.12 bits per heavy atom. The Bertz CT molecular complexity index is 679. The molecule has 0 aliphatic heterocycles. The summed E-state index contributed by atoms with van der Waals surface area (Å²) < 4.78 is 15.9. The van der Waals surface area contributed by atoms with Gasteiger partial charge in [-0.25, -0.2) is 0 Å². The zero-order valence-corrected chi connectivity index (χ0v) is 15.0. The molecule has 0 saturated heterocycles. The van der Waals surface area contributed by atoms with E-state index >= 15 is 0 Å². The highest BCUT2D eigenvalue weighted by molar-refractivity contribution is 5.84. The molecule has 1 amide bonds. The standard InChI is InChI=1S/C19H24N2O4/c1-13(19(22)20-12-14-8-6-5-7-9-14)21-15-10-16(23-2)18(25-4)17(11-15)24-3/h5-11,13,21H,12H2,1-4H3,(H,20,22)/t13-/m0/s1. The highest BCUT2D eigenvalue weighted by Crippen LogP contribution is 2.40. The Labute approximate surface area is 148 Å². The summed E-state index contributed by atoms with van der Waals surface area (Å²) in [5.74, 6) is 1.47. The maximum Gasteiger partial charge on any atom is 0.242 e. The van der Waals surface area contributed by atoms with Crippen molar-refractivity contribution in [3.63, 3.8) is 0 Å². The molecule has 2 rings (SSSR count). The van der Waals surface area contributed by atoms with Crippen LogP contribution in [-0.2, 0) is 11.3 Å². The van der Waals surface area contributed by atoms with Crippen molar-refractivity contribution in [1.82, 2.24) is 5.32 Å². The molecule has 0 saturated carbocycles. The van der Waals surface area contributed by atoms with Gasteiger partial charge < -0.3 is 24.8 Å². The van der Waals surface area contributed by atoms with Crippen molar-refractivity contribution in [1.29, 1.82) is 0 Å². The van der Waals surface area contributed by atoms with Crippen molar-refractivity contribution in [2.45, 2.75) is 19.5 Å². The number of benzene rings is 2. The van der Waals surface area contributed by atoms with Gasteiger partial charge in [0.1, 0.15) is 6.04 Å². The van der Waals surface area contributed by atoms with E-state index in [0.29, 0.717) is 29.5 Å². The first-order valence-electron chi connectivity index (χ1n) is 7.97. The summed E-state index contributed by atoms with van der Waals surface area (Å²) in [7, 11) is 4.65. The van der Waals surface area contributed by atoms with Crippen LogP contribution in [0.4, 0.5) is 5.69 Å². The molecule has 6 heteroatoms. The first-order valence-corrected chi connectivity index (χ1v) is 7.97. The molecule has 25 heavy (non-hydrogen) atoms. The molecule has 2 aromatic rings. The molecule has 2 aromatic carbocycles. The van der Waals surface area contributed by atoms with E-state index in [4.69, 9.17) is 14.2 Å². The monoisotopic (exact) mass is 344 g/mol. The maximum absolute atomic E-state index is 12.3. The fourth-order valence-corrected chi connectivity index (χ4v) is 2.42. The summed E-state index contributed by atoms with van der Waals surface area (Å²) in [5.41, 5.74) is 1.76. The van der Waals surface area contributed by atoms with Gasteiger partial charge in [-0.3, -0.25) is 4.79 Å². The lowest BCUT2D eigenvalue weighted by molar-refractivity contribution is -0.121. The van der Waals surface area contributed by atoms with Gasteiger partial charge in [0.05, 0.1) is 21.3 Å². The molecule has 0 spiro atoms. The molecule has 1 atom stereocenters. The number of methoxy groups -OCH3 is 3. The van der Waals surface area contributed by atoms with Crippen LogP contribution in [0.5, 0.6) is 17.2 Å². The number of carbonyl (C=O) groups excluding carboxylic acids is 1. The van der Waals surface area contributed by atoms with Crippen molar-refractivity contribution in [2.24, 2.45) is 0 Å². The van der Waals surface area contributed by atoms with Crippen LogP contribution in [0.1, 0.15) is 12.5 Å². The largest absolute Gasteiger partial charge is 0.493 e. The number of ether oxygens (including phenoxy) is 3. The van der Waals surface area contributed by atoms with Gasteiger partial charge in [0, 0.05) is 24.4 Å². The number of rotatable bonds is 8. The summed E-state index contributed by atoms with van der Waals surface area (Å²) in [6.45, 7) is 2.28. The second-order valence-electron chi connectivity index (χ2n) is 5.48. The highest BCUT2D eigenvalue weighted by atomic mass is 16.5. The minimum absolute atomic E-state index is 0.0994. The summed E-state index contributed by atoms with van der Waals surface area (Å²) >= 11 is 0. The Balaban J connectivity index is 2.03. The third-order valence-electron chi connectivity index (χ3n) is 3.75. The van der Waals surface area contributed by atoms with Gasteiger partial charge in [0.25, 0.3) is 0 Å². The summed E-state index contributed by atoms with van der Waals surface area (Å²) in [5, 5.41) is 6.06. The predicted molar refractivity (Wildman–Crippen MR) is 97.5 cm³/mol. The first kappa shape index (κ1) is 18.4. The number of amides is 1. The van der Waals surface area contributed by atoms with E-state index in [1.807, 2.05) is 30.3 Å². The molecule has 0 aliphatic carbocycles. The van der Waals surface area contributed by atoms with Crippen LogP contribution in [0.25, 0.3) is 0 Å².